The quantitative estimate of drug-likeness (QED) is 0.0494. The van der Waals surface area contributed by atoms with E-state index < -0.39 is 23.9 Å². The van der Waals surface area contributed by atoms with E-state index in [1.165, 1.54) is 48.5 Å². The zero-order valence-electron chi connectivity index (χ0n) is 27.3. The molecule has 10 nitrogen and oxygen atoms in total. The highest BCUT2D eigenvalue weighted by atomic mass is 16.5. The summed E-state index contributed by atoms with van der Waals surface area (Å²) in [6.07, 6.45) is 2.44. The van der Waals surface area contributed by atoms with Crippen LogP contribution in [0.25, 0.3) is 11.1 Å². The van der Waals surface area contributed by atoms with Crippen LogP contribution in [0.2, 0.25) is 0 Å². The number of hydrogen-bond donors (Lipinski definition) is 0. The fraction of sp³-hybridized carbons (Fsp3) is 0.0976. The Morgan fingerprint density at radius 1 is 0.529 bits per heavy atom. The third-order valence-electron chi connectivity index (χ3n) is 7.32. The largest absolute Gasteiger partial charge is 0.494 e. The standard InChI is InChI=1S/C41H31NO9/c1-2-38(43)48-26-4-3-25-47-34-17-11-31(12-18-34)39(44)50-36-21-15-33(16-22-36)41(46)51-37-23-13-32(14-24-37)40(45)49-35-19-9-30(10-20-35)29-7-5-28(27-42)6-8-29/h2,5-24H,1,3-4,25-26H2. The molecule has 0 atom stereocenters. The Bertz CT molecular complexity index is 2030. The van der Waals surface area contributed by atoms with Gasteiger partial charge in [0.15, 0.2) is 0 Å². The Morgan fingerprint density at radius 2 is 0.902 bits per heavy atom. The molecule has 0 N–H and O–H groups in total. The molecule has 0 aliphatic rings. The fourth-order valence-corrected chi connectivity index (χ4v) is 4.58. The van der Waals surface area contributed by atoms with E-state index in [0.717, 1.165) is 17.2 Å². The average Bonchev–Trinajstić information content (AvgIpc) is 3.17. The molecule has 10 heteroatoms. The van der Waals surface area contributed by atoms with E-state index in [2.05, 4.69) is 12.6 Å². The maximum absolute atomic E-state index is 12.7. The van der Waals surface area contributed by atoms with Gasteiger partial charge in [-0.15, -0.1) is 0 Å². The zero-order chi connectivity index (χ0) is 36.0. The van der Waals surface area contributed by atoms with Crippen LogP contribution in [0.15, 0.2) is 134 Å². The smallest absolute Gasteiger partial charge is 0.343 e. The molecular weight excluding hydrogens is 650 g/mol. The molecule has 0 saturated carbocycles. The molecule has 0 saturated heterocycles. The first-order chi connectivity index (χ1) is 24.8. The summed E-state index contributed by atoms with van der Waals surface area (Å²) in [6, 6.07) is 34.6. The number of ether oxygens (including phenoxy) is 5. The number of benzene rings is 5. The number of unbranched alkanes of at least 4 members (excludes halogenated alkanes) is 1. The minimum atomic E-state index is -0.640. The van der Waals surface area contributed by atoms with Crippen LogP contribution in [0.4, 0.5) is 0 Å². The van der Waals surface area contributed by atoms with Gasteiger partial charge in [-0.1, -0.05) is 30.8 Å². The van der Waals surface area contributed by atoms with Gasteiger partial charge in [-0.05, 0) is 121 Å². The second-order valence-electron chi connectivity index (χ2n) is 10.9. The van der Waals surface area contributed by atoms with Gasteiger partial charge in [0.1, 0.15) is 23.0 Å². The Labute approximate surface area is 294 Å². The summed E-state index contributed by atoms with van der Waals surface area (Å²) in [5, 5.41) is 8.97. The van der Waals surface area contributed by atoms with Crippen molar-refractivity contribution < 1.29 is 42.9 Å². The molecule has 0 aliphatic carbocycles. The van der Waals surface area contributed by atoms with Gasteiger partial charge in [0, 0.05) is 6.08 Å². The lowest BCUT2D eigenvalue weighted by Gasteiger charge is -2.09. The summed E-state index contributed by atoms with van der Waals surface area (Å²) in [6.45, 7) is 4.05. The van der Waals surface area contributed by atoms with Gasteiger partial charge in [0.2, 0.25) is 0 Å². The molecular formula is C41H31NO9. The van der Waals surface area contributed by atoms with E-state index in [4.69, 9.17) is 28.9 Å². The van der Waals surface area contributed by atoms with E-state index in [1.807, 2.05) is 24.3 Å². The minimum Gasteiger partial charge on any atom is -0.494 e. The number of hydrogen-bond acceptors (Lipinski definition) is 10. The molecule has 0 aliphatic heterocycles. The summed E-state index contributed by atoms with van der Waals surface area (Å²) >= 11 is 0. The molecule has 254 valence electrons. The van der Waals surface area contributed by atoms with Crippen LogP contribution >= 0.6 is 0 Å². The number of esters is 4. The summed E-state index contributed by atoms with van der Waals surface area (Å²) in [7, 11) is 0. The predicted octanol–water partition coefficient (Wildman–Crippen LogP) is 7.77. The van der Waals surface area contributed by atoms with E-state index in [-0.39, 0.29) is 29.2 Å². The molecule has 0 unspecified atom stereocenters. The molecule has 0 radical (unpaired) electrons. The van der Waals surface area contributed by atoms with Crippen molar-refractivity contribution in [3.63, 3.8) is 0 Å². The van der Waals surface area contributed by atoms with E-state index in [9.17, 15) is 19.2 Å². The third-order valence-corrected chi connectivity index (χ3v) is 7.32. The van der Waals surface area contributed by atoms with Crippen molar-refractivity contribution in [2.75, 3.05) is 13.2 Å². The fourth-order valence-electron chi connectivity index (χ4n) is 4.58. The molecule has 0 bridgehead atoms. The molecule has 51 heavy (non-hydrogen) atoms. The van der Waals surface area contributed by atoms with E-state index in [1.54, 1.807) is 48.5 Å². The molecule has 5 aromatic carbocycles. The van der Waals surface area contributed by atoms with Gasteiger partial charge in [-0.25, -0.2) is 19.2 Å². The lowest BCUT2D eigenvalue weighted by molar-refractivity contribution is -0.137. The lowest BCUT2D eigenvalue weighted by atomic mass is 10.0. The zero-order valence-corrected chi connectivity index (χ0v) is 27.3. The maximum Gasteiger partial charge on any atom is 0.343 e. The second kappa shape index (κ2) is 17.4. The first-order valence-electron chi connectivity index (χ1n) is 15.8. The number of nitrogens with zero attached hydrogens (tertiary/aromatic N) is 1. The van der Waals surface area contributed by atoms with Crippen LogP contribution in [0.5, 0.6) is 23.0 Å². The van der Waals surface area contributed by atoms with Crippen LogP contribution in [-0.2, 0) is 9.53 Å². The van der Waals surface area contributed by atoms with Crippen molar-refractivity contribution in [1.82, 2.24) is 0 Å². The molecule has 0 fully saturated rings. The van der Waals surface area contributed by atoms with E-state index in [0.29, 0.717) is 42.1 Å². The van der Waals surface area contributed by atoms with Gasteiger partial charge in [-0.3, -0.25) is 0 Å². The van der Waals surface area contributed by atoms with E-state index >= 15 is 0 Å². The number of carbonyl (C=O) groups is 4. The Balaban J connectivity index is 1.06. The topological polar surface area (TPSA) is 138 Å². The highest BCUT2D eigenvalue weighted by Crippen LogP contribution is 2.24. The molecule has 0 amide bonds. The molecule has 5 rings (SSSR count). The van der Waals surface area contributed by atoms with Gasteiger partial charge in [-0.2, -0.15) is 5.26 Å². The third kappa shape index (κ3) is 10.2. The Hall–Kier alpha value is -6.99. The second-order valence-corrected chi connectivity index (χ2v) is 10.9. The van der Waals surface area contributed by atoms with Gasteiger partial charge in [0.25, 0.3) is 0 Å². The van der Waals surface area contributed by atoms with Crippen molar-refractivity contribution in [2.24, 2.45) is 0 Å². The monoisotopic (exact) mass is 681 g/mol. The molecule has 5 aromatic rings. The van der Waals surface area contributed by atoms with Gasteiger partial charge < -0.3 is 23.7 Å². The summed E-state index contributed by atoms with van der Waals surface area (Å²) in [5.74, 6) is -0.860. The SMILES string of the molecule is C=CC(=O)OCCCCOc1ccc(C(=O)Oc2ccc(C(=O)Oc3ccc(C(=O)Oc4ccc(-c5ccc(C#N)cc5)cc4)cc3)cc2)cc1. The lowest BCUT2D eigenvalue weighted by Crippen LogP contribution is -2.11. The summed E-state index contributed by atoms with van der Waals surface area (Å²) in [5.41, 5.74) is 3.21. The molecule has 0 spiro atoms. The minimum absolute atomic E-state index is 0.222. The number of rotatable bonds is 14. The Morgan fingerprint density at radius 3 is 1.31 bits per heavy atom. The highest BCUT2D eigenvalue weighted by molar-refractivity contribution is 5.93. The summed E-state index contributed by atoms with van der Waals surface area (Å²) in [4.78, 5) is 49.0. The highest BCUT2D eigenvalue weighted by Gasteiger charge is 2.14. The normalized spacial score (nSPS) is 10.3. The van der Waals surface area contributed by atoms with Crippen LogP contribution in [-0.4, -0.2) is 37.1 Å². The van der Waals surface area contributed by atoms with Gasteiger partial charge >= 0.3 is 23.9 Å². The van der Waals surface area contributed by atoms with Crippen LogP contribution in [0, 0.1) is 11.3 Å². The van der Waals surface area contributed by atoms with Crippen LogP contribution < -0.4 is 18.9 Å². The predicted molar refractivity (Wildman–Crippen MR) is 187 cm³/mol. The van der Waals surface area contributed by atoms with Crippen LogP contribution in [0.1, 0.15) is 49.5 Å². The average molecular weight is 682 g/mol. The van der Waals surface area contributed by atoms with Crippen molar-refractivity contribution in [1.29, 1.82) is 5.26 Å². The maximum atomic E-state index is 12.7. The molecule has 0 aromatic heterocycles. The van der Waals surface area contributed by atoms with Crippen molar-refractivity contribution in [3.8, 4) is 40.2 Å². The van der Waals surface area contributed by atoms with Gasteiger partial charge in [0.05, 0.1) is 41.5 Å². The summed E-state index contributed by atoms with van der Waals surface area (Å²) < 4.78 is 26.9. The number of carbonyl (C=O) groups excluding carboxylic acids is 4. The molecule has 0 heterocycles. The Kier molecular flexibility index (Phi) is 12.1. The first-order valence-corrected chi connectivity index (χ1v) is 15.8. The van der Waals surface area contributed by atoms with Crippen LogP contribution in [0.3, 0.4) is 0 Å². The van der Waals surface area contributed by atoms with Crippen molar-refractivity contribution in [2.45, 2.75) is 12.8 Å². The number of nitriles is 1. The first kappa shape index (κ1) is 35.3. The van der Waals surface area contributed by atoms with Crippen molar-refractivity contribution in [3.05, 3.63) is 156 Å². The van der Waals surface area contributed by atoms with Crippen molar-refractivity contribution >= 4 is 23.9 Å².